The SMILES string of the molecule is CC(C)(C)OC(=O)N1CC(C2(N)CC2(F)F)C1. The van der Waals surface area contributed by atoms with E-state index in [9.17, 15) is 13.6 Å². The second-order valence-corrected chi connectivity index (χ2v) is 6.00. The average Bonchev–Trinajstić information content (AvgIpc) is 2.42. The molecule has 2 aliphatic rings. The van der Waals surface area contributed by atoms with Gasteiger partial charge in [-0.05, 0) is 20.8 Å². The summed E-state index contributed by atoms with van der Waals surface area (Å²) in [5.41, 5.74) is 3.63. The highest BCUT2D eigenvalue weighted by Gasteiger charge is 2.74. The highest BCUT2D eigenvalue weighted by atomic mass is 19.3. The van der Waals surface area contributed by atoms with Crippen LogP contribution in [-0.2, 0) is 4.74 Å². The zero-order valence-corrected chi connectivity index (χ0v) is 10.3. The molecule has 0 bridgehead atoms. The van der Waals surface area contributed by atoms with Crippen LogP contribution in [0.15, 0.2) is 0 Å². The lowest BCUT2D eigenvalue weighted by Crippen LogP contribution is -2.60. The predicted octanol–water partition coefficient (Wildman–Crippen LogP) is 1.59. The Morgan fingerprint density at radius 1 is 1.41 bits per heavy atom. The topological polar surface area (TPSA) is 55.6 Å². The molecule has 17 heavy (non-hydrogen) atoms. The highest BCUT2D eigenvalue weighted by Crippen LogP contribution is 2.56. The lowest BCUT2D eigenvalue weighted by molar-refractivity contribution is -0.0201. The van der Waals surface area contributed by atoms with Gasteiger partial charge in [-0.15, -0.1) is 0 Å². The van der Waals surface area contributed by atoms with Gasteiger partial charge in [0.2, 0.25) is 0 Å². The molecule has 1 heterocycles. The van der Waals surface area contributed by atoms with Gasteiger partial charge >= 0.3 is 6.09 Å². The second kappa shape index (κ2) is 3.31. The summed E-state index contributed by atoms with van der Waals surface area (Å²) >= 11 is 0. The molecule has 1 amide bonds. The minimum absolute atomic E-state index is 0.265. The van der Waals surface area contributed by atoms with Crippen LogP contribution in [0.25, 0.3) is 0 Å². The van der Waals surface area contributed by atoms with Crippen LogP contribution in [0.4, 0.5) is 13.6 Å². The summed E-state index contributed by atoms with van der Waals surface area (Å²) < 4.78 is 31.1. The summed E-state index contributed by atoms with van der Waals surface area (Å²) in [7, 11) is 0. The number of nitrogens with zero attached hydrogens (tertiary/aromatic N) is 1. The first-order chi connectivity index (χ1) is 7.55. The molecule has 2 N–H and O–H groups in total. The fourth-order valence-electron chi connectivity index (χ4n) is 2.05. The minimum atomic E-state index is -2.77. The maximum Gasteiger partial charge on any atom is 0.410 e. The number of hydrogen-bond acceptors (Lipinski definition) is 3. The largest absolute Gasteiger partial charge is 0.444 e. The van der Waals surface area contributed by atoms with Gasteiger partial charge in [0.05, 0.1) is 5.54 Å². The molecule has 0 spiro atoms. The summed E-state index contributed by atoms with van der Waals surface area (Å²) in [5.74, 6) is -3.08. The Morgan fingerprint density at radius 3 is 2.24 bits per heavy atom. The third-order valence-corrected chi connectivity index (χ3v) is 3.33. The second-order valence-electron chi connectivity index (χ2n) is 6.00. The van der Waals surface area contributed by atoms with Crippen molar-refractivity contribution in [3.63, 3.8) is 0 Å². The molecule has 0 aromatic heterocycles. The standard InChI is InChI=1S/C11H18F2N2O2/c1-9(2,3)17-8(16)15-4-7(5-15)10(14)6-11(10,12)13/h7H,4-6,14H2,1-3H3. The minimum Gasteiger partial charge on any atom is -0.444 e. The summed E-state index contributed by atoms with van der Waals surface area (Å²) in [6.45, 7) is 5.83. The van der Waals surface area contributed by atoms with E-state index in [1.807, 2.05) is 0 Å². The average molecular weight is 248 g/mol. The van der Waals surface area contributed by atoms with E-state index in [0.717, 1.165) is 0 Å². The van der Waals surface area contributed by atoms with Crippen LogP contribution in [-0.4, -0.2) is 41.1 Å². The zero-order valence-electron chi connectivity index (χ0n) is 10.3. The molecule has 1 unspecified atom stereocenters. The number of rotatable bonds is 1. The van der Waals surface area contributed by atoms with Gasteiger partial charge in [-0.25, -0.2) is 13.6 Å². The van der Waals surface area contributed by atoms with Crippen molar-refractivity contribution in [1.29, 1.82) is 0 Å². The number of amides is 1. The van der Waals surface area contributed by atoms with Gasteiger partial charge in [0.15, 0.2) is 0 Å². The van der Waals surface area contributed by atoms with E-state index >= 15 is 0 Å². The molecular formula is C11H18F2N2O2. The number of ether oxygens (including phenoxy) is 1. The van der Waals surface area contributed by atoms with E-state index in [1.165, 1.54) is 4.90 Å². The van der Waals surface area contributed by atoms with Crippen molar-refractivity contribution < 1.29 is 18.3 Å². The Kier molecular flexibility index (Phi) is 2.44. The van der Waals surface area contributed by atoms with E-state index in [1.54, 1.807) is 20.8 Å². The molecule has 0 aromatic carbocycles. The van der Waals surface area contributed by atoms with Crippen molar-refractivity contribution in [3.05, 3.63) is 0 Å². The first kappa shape index (κ1) is 12.5. The number of hydrogen-bond donors (Lipinski definition) is 1. The summed E-state index contributed by atoms with van der Waals surface area (Å²) in [6, 6.07) is 0. The van der Waals surface area contributed by atoms with Crippen LogP contribution < -0.4 is 5.73 Å². The molecule has 1 atom stereocenters. The van der Waals surface area contributed by atoms with Gasteiger partial charge in [-0.3, -0.25) is 0 Å². The highest BCUT2D eigenvalue weighted by molar-refractivity contribution is 5.69. The van der Waals surface area contributed by atoms with Crippen molar-refractivity contribution >= 4 is 6.09 Å². The van der Waals surface area contributed by atoms with E-state index in [-0.39, 0.29) is 25.4 Å². The van der Waals surface area contributed by atoms with Crippen molar-refractivity contribution in [2.24, 2.45) is 11.7 Å². The lowest BCUT2D eigenvalue weighted by Gasteiger charge is -2.42. The Hall–Kier alpha value is -0.910. The molecular weight excluding hydrogens is 230 g/mol. The van der Waals surface area contributed by atoms with E-state index in [4.69, 9.17) is 10.5 Å². The van der Waals surface area contributed by atoms with Crippen LogP contribution >= 0.6 is 0 Å². The van der Waals surface area contributed by atoms with Crippen molar-refractivity contribution in [3.8, 4) is 0 Å². The Balaban J connectivity index is 1.82. The first-order valence-corrected chi connectivity index (χ1v) is 5.70. The van der Waals surface area contributed by atoms with E-state index < -0.39 is 23.2 Å². The quantitative estimate of drug-likeness (QED) is 0.766. The Morgan fingerprint density at radius 2 is 1.88 bits per heavy atom. The molecule has 2 rings (SSSR count). The van der Waals surface area contributed by atoms with Gasteiger partial charge in [-0.2, -0.15) is 0 Å². The fraction of sp³-hybridized carbons (Fsp3) is 0.909. The molecule has 1 saturated heterocycles. The van der Waals surface area contributed by atoms with Gasteiger partial charge in [-0.1, -0.05) is 0 Å². The van der Waals surface area contributed by atoms with Crippen molar-refractivity contribution in [1.82, 2.24) is 4.90 Å². The van der Waals surface area contributed by atoms with Crippen LogP contribution in [0.5, 0.6) is 0 Å². The van der Waals surface area contributed by atoms with Crippen LogP contribution in [0.1, 0.15) is 27.2 Å². The zero-order chi connectivity index (χ0) is 13.1. The van der Waals surface area contributed by atoms with Gasteiger partial charge in [0.1, 0.15) is 5.60 Å². The van der Waals surface area contributed by atoms with Gasteiger partial charge < -0.3 is 15.4 Å². The van der Waals surface area contributed by atoms with Gasteiger partial charge in [0.25, 0.3) is 5.92 Å². The van der Waals surface area contributed by atoms with Gasteiger partial charge in [0, 0.05) is 25.4 Å². The molecule has 1 aliphatic carbocycles. The number of likely N-dealkylation sites (tertiary alicyclic amines) is 1. The number of halogens is 2. The van der Waals surface area contributed by atoms with Crippen molar-refractivity contribution in [2.75, 3.05) is 13.1 Å². The molecule has 0 aromatic rings. The summed E-state index contributed by atoms with van der Waals surface area (Å²) in [6.07, 6.45) is -0.728. The number of alkyl halides is 2. The molecule has 6 heteroatoms. The third-order valence-electron chi connectivity index (χ3n) is 3.33. The maximum atomic E-state index is 13.0. The smallest absolute Gasteiger partial charge is 0.410 e. The lowest BCUT2D eigenvalue weighted by atomic mass is 9.90. The number of carbonyl (C=O) groups excluding carboxylic acids is 1. The Labute approximate surface area is 99.1 Å². The monoisotopic (exact) mass is 248 g/mol. The van der Waals surface area contributed by atoms with E-state index in [2.05, 4.69) is 0 Å². The molecule has 4 nitrogen and oxygen atoms in total. The molecule has 0 radical (unpaired) electrons. The predicted molar refractivity (Wildman–Crippen MR) is 57.8 cm³/mol. The number of carbonyl (C=O) groups is 1. The van der Waals surface area contributed by atoms with Crippen LogP contribution in [0, 0.1) is 5.92 Å². The molecule has 1 saturated carbocycles. The maximum absolute atomic E-state index is 13.0. The first-order valence-electron chi connectivity index (χ1n) is 5.70. The van der Waals surface area contributed by atoms with E-state index in [0.29, 0.717) is 0 Å². The molecule has 2 fully saturated rings. The Bertz CT molecular complexity index is 348. The van der Waals surface area contributed by atoms with Crippen LogP contribution in [0.2, 0.25) is 0 Å². The third kappa shape index (κ3) is 2.10. The fourth-order valence-corrected chi connectivity index (χ4v) is 2.05. The normalized spacial score (nSPS) is 32.0. The van der Waals surface area contributed by atoms with Crippen molar-refractivity contribution in [2.45, 2.75) is 44.3 Å². The molecule has 1 aliphatic heterocycles. The summed E-state index contributed by atoms with van der Waals surface area (Å²) in [5, 5.41) is 0. The van der Waals surface area contributed by atoms with Crippen LogP contribution in [0.3, 0.4) is 0 Å². The summed E-state index contributed by atoms with van der Waals surface area (Å²) in [4.78, 5) is 13.0. The molecule has 98 valence electrons. The number of nitrogens with two attached hydrogens (primary N) is 1.